The summed E-state index contributed by atoms with van der Waals surface area (Å²) in [4.78, 5) is 20.1. The van der Waals surface area contributed by atoms with Gasteiger partial charge in [-0.2, -0.15) is 0 Å². The van der Waals surface area contributed by atoms with Crippen LogP contribution >= 0.6 is 15.9 Å². The first-order valence-electron chi connectivity index (χ1n) is 5.88. The monoisotopic (exact) mass is 314 g/mol. The van der Waals surface area contributed by atoms with E-state index in [0.717, 1.165) is 5.82 Å². The van der Waals surface area contributed by atoms with Crippen molar-refractivity contribution in [1.82, 2.24) is 15.3 Å². The molecule has 6 heteroatoms. The van der Waals surface area contributed by atoms with E-state index in [1.807, 2.05) is 27.7 Å². The fraction of sp³-hybridized carbons (Fsp3) is 0.583. The van der Waals surface area contributed by atoms with E-state index in [-0.39, 0.29) is 17.9 Å². The number of likely N-dealkylation sites (N-methyl/N-ethyl adjacent to an activating group) is 1. The molecule has 0 atom stereocenters. The molecule has 0 aliphatic carbocycles. The number of hydrogen-bond donors (Lipinski definition) is 2. The molecule has 2 N–H and O–H groups in total. The van der Waals surface area contributed by atoms with Crippen LogP contribution in [0.2, 0.25) is 0 Å². The molecule has 0 aliphatic rings. The number of halogens is 1. The first-order chi connectivity index (χ1) is 8.32. The molecule has 1 aromatic heterocycles. The Hall–Kier alpha value is -1.17. The number of aromatic nitrogens is 2. The van der Waals surface area contributed by atoms with Gasteiger partial charge in [0.05, 0.1) is 6.54 Å². The van der Waals surface area contributed by atoms with Gasteiger partial charge >= 0.3 is 0 Å². The highest BCUT2D eigenvalue weighted by molar-refractivity contribution is 9.10. The summed E-state index contributed by atoms with van der Waals surface area (Å²) in [5, 5.41) is 5.71. The molecular formula is C12H19BrN4O. The molecule has 0 radical (unpaired) electrons. The number of rotatable bonds is 4. The van der Waals surface area contributed by atoms with E-state index in [1.54, 1.807) is 6.07 Å². The Morgan fingerprint density at radius 1 is 1.39 bits per heavy atom. The van der Waals surface area contributed by atoms with Crippen LogP contribution in [0.25, 0.3) is 0 Å². The lowest BCUT2D eigenvalue weighted by Gasteiger charge is -2.17. The van der Waals surface area contributed by atoms with Crippen molar-refractivity contribution >= 4 is 27.7 Å². The smallest absolute Gasteiger partial charge is 0.239 e. The van der Waals surface area contributed by atoms with E-state index in [1.165, 1.54) is 0 Å². The highest BCUT2D eigenvalue weighted by Gasteiger charge is 2.18. The number of anilines is 1. The molecule has 100 valence electrons. The van der Waals surface area contributed by atoms with Crippen LogP contribution in [-0.2, 0) is 10.2 Å². The van der Waals surface area contributed by atoms with Crippen molar-refractivity contribution in [2.24, 2.45) is 0 Å². The fourth-order valence-corrected chi connectivity index (χ4v) is 1.66. The number of amides is 1. The number of hydrogen-bond acceptors (Lipinski definition) is 4. The van der Waals surface area contributed by atoms with Gasteiger partial charge in [-0.05, 0) is 22.9 Å². The summed E-state index contributed by atoms with van der Waals surface area (Å²) in [5.74, 6) is 1.33. The quantitative estimate of drug-likeness (QED) is 0.835. The zero-order valence-electron chi connectivity index (χ0n) is 11.2. The molecule has 0 bridgehead atoms. The van der Waals surface area contributed by atoms with E-state index in [9.17, 15) is 4.79 Å². The highest BCUT2D eigenvalue weighted by Crippen LogP contribution is 2.22. The predicted molar refractivity (Wildman–Crippen MR) is 75.6 cm³/mol. The van der Waals surface area contributed by atoms with Crippen LogP contribution in [0.15, 0.2) is 10.7 Å². The Morgan fingerprint density at radius 3 is 2.61 bits per heavy atom. The van der Waals surface area contributed by atoms with Gasteiger partial charge in [0.2, 0.25) is 5.91 Å². The molecule has 0 saturated carbocycles. The minimum atomic E-state index is -0.133. The Balaban J connectivity index is 2.78. The molecule has 1 amide bonds. The molecule has 1 aromatic rings. The second-order valence-electron chi connectivity index (χ2n) is 4.96. The lowest BCUT2D eigenvalue weighted by Crippen LogP contribution is -2.30. The maximum Gasteiger partial charge on any atom is 0.239 e. The second-order valence-corrected chi connectivity index (χ2v) is 5.77. The number of nitrogens with one attached hydrogen (secondary N) is 2. The van der Waals surface area contributed by atoms with Gasteiger partial charge in [0.1, 0.15) is 16.2 Å². The van der Waals surface area contributed by atoms with Gasteiger partial charge in [-0.15, -0.1) is 0 Å². The summed E-state index contributed by atoms with van der Waals surface area (Å²) in [6, 6.07) is 1.76. The predicted octanol–water partition coefficient (Wildman–Crippen LogP) is 2.08. The minimum Gasteiger partial charge on any atom is -0.361 e. The molecule has 0 spiro atoms. The van der Waals surface area contributed by atoms with E-state index >= 15 is 0 Å². The molecule has 1 heterocycles. The van der Waals surface area contributed by atoms with Crippen molar-refractivity contribution in [1.29, 1.82) is 0 Å². The SMILES string of the molecule is CCNC(=O)CNc1cc(Br)nc(C(C)(C)C)n1. The maximum absolute atomic E-state index is 11.4. The second kappa shape index (κ2) is 6.13. The highest BCUT2D eigenvalue weighted by atomic mass is 79.9. The topological polar surface area (TPSA) is 66.9 Å². The van der Waals surface area contributed by atoms with E-state index < -0.39 is 0 Å². The van der Waals surface area contributed by atoms with Crippen molar-refractivity contribution in [2.75, 3.05) is 18.4 Å². The summed E-state index contributed by atoms with van der Waals surface area (Å²) in [6.07, 6.45) is 0. The Morgan fingerprint density at radius 2 is 2.06 bits per heavy atom. The normalized spacial score (nSPS) is 11.2. The van der Waals surface area contributed by atoms with Crippen molar-refractivity contribution in [2.45, 2.75) is 33.1 Å². The maximum atomic E-state index is 11.4. The van der Waals surface area contributed by atoms with Crippen molar-refractivity contribution in [3.63, 3.8) is 0 Å². The molecule has 18 heavy (non-hydrogen) atoms. The minimum absolute atomic E-state index is 0.0513. The molecule has 1 rings (SSSR count). The molecule has 5 nitrogen and oxygen atoms in total. The Kier molecular flexibility index (Phi) is 5.07. The van der Waals surface area contributed by atoms with E-state index in [2.05, 4.69) is 36.5 Å². The molecule has 0 aromatic carbocycles. The summed E-state index contributed by atoms with van der Waals surface area (Å²) in [6.45, 7) is 8.85. The summed E-state index contributed by atoms with van der Waals surface area (Å²) >= 11 is 3.35. The average Bonchev–Trinajstić information content (AvgIpc) is 2.25. The van der Waals surface area contributed by atoms with Crippen LogP contribution in [0.5, 0.6) is 0 Å². The molecule has 0 aliphatic heterocycles. The van der Waals surface area contributed by atoms with Gasteiger partial charge in [-0.25, -0.2) is 9.97 Å². The zero-order chi connectivity index (χ0) is 13.8. The third-order valence-corrected chi connectivity index (χ3v) is 2.58. The summed E-state index contributed by atoms with van der Waals surface area (Å²) in [5.41, 5.74) is -0.133. The molecule has 0 fully saturated rings. The van der Waals surface area contributed by atoms with Gasteiger partial charge < -0.3 is 10.6 Å². The van der Waals surface area contributed by atoms with Crippen LogP contribution in [0.3, 0.4) is 0 Å². The van der Waals surface area contributed by atoms with E-state index in [4.69, 9.17) is 0 Å². The van der Waals surface area contributed by atoms with Crippen LogP contribution in [-0.4, -0.2) is 29.0 Å². The Bertz CT molecular complexity index is 429. The van der Waals surface area contributed by atoms with Crippen LogP contribution < -0.4 is 10.6 Å². The molecular weight excluding hydrogens is 296 g/mol. The third-order valence-electron chi connectivity index (χ3n) is 2.17. The van der Waals surface area contributed by atoms with Gasteiger partial charge in [-0.1, -0.05) is 20.8 Å². The van der Waals surface area contributed by atoms with Crippen molar-refractivity contribution in [3.8, 4) is 0 Å². The van der Waals surface area contributed by atoms with Crippen LogP contribution in [0, 0.1) is 0 Å². The van der Waals surface area contributed by atoms with Crippen LogP contribution in [0.4, 0.5) is 5.82 Å². The van der Waals surface area contributed by atoms with Gasteiger partial charge in [-0.3, -0.25) is 4.79 Å². The number of nitrogens with zero attached hydrogens (tertiary/aromatic N) is 2. The van der Waals surface area contributed by atoms with Gasteiger partial charge in [0, 0.05) is 18.0 Å². The summed E-state index contributed by atoms with van der Waals surface area (Å²) < 4.78 is 0.709. The Labute approximate surface area is 116 Å². The first-order valence-corrected chi connectivity index (χ1v) is 6.68. The lowest BCUT2D eigenvalue weighted by atomic mass is 9.96. The van der Waals surface area contributed by atoms with Gasteiger partial charge in [0.15, 0.2) is 0 Å². The van der Waals surface area contributed by atoms with Crippen molar-refractivity contribution < 1.29 is 4.79 Å². The number of carbonyl (C=O) groups is 1. The third kappa shape index (κ3) is 4.60. The fourth-order valence-electron chi connectivity index (χ4n) is 1.27. The first kappa shape index (κ1) is 14.9. The largest absolute Gasteiger partial charge is 0.361 e. The van der Waals surface area contributed by atoms with E-state index in [0.29, 0.717) is 17.0 Å². The number of carbonyl (C=O) groups excluding carboxylic acids is 1. The zero-order valence-corrected chi connectivity index (χ0v) is 12.8. The summed E-state index contributed by atoms with van der Waals surface area (Å²) in [7, 11) is 0. The van der Waals surface area contributed by atoms with Crippen LogP contribution in [0.1, 0.15) is 33.5 Å². The molecule has 0 unspecified atom stereocenters. The average molecular weight is 315 g/mol. The van der Waals surface area contributed by atoms with Crippen molar-refractivity contribution in [3.05, 3.63) is 16.5 Å². The molecule has 0 saturated heterocycles. The lowest BCUT2D eigenvalue weighted by molar-refractivity contribution is -0.119. The van der Waals surface area contributed by atoms with Gasteiger partial charge in [0.25, 0.3) is 0 Å². The standard InChI is InChI=1S/C12H19BrN4O/c1-5-14-10(18)7-15-9-6-8(13)16-11(17-9)12(2,3)4/h6H,5,7H2,1-4H3,(H,14,18)(H,15,16,17).